The van der Waals surface area contributed by atoms with E-state index < -0.39 is 5.97 Å². The zero-order valence-corrected chi connectivity index (χ0v) is 14.3. The Morgan fingerprint density at radius 1 is 0.962 bits per heavy atom. The standard InChI is InChI=1S/C21H19NO4/c23-19-12-13-20(24)22(19)15-17-8-10-18(11-9-17)21(25)26-14-4-7-16-5-2-1-3-6-16/h1-11H,12-15H2/b7-4+. The zero-order valence-electron chi connectivity index (χ0n) is 14.3. The van der Waals surface area contributed by atoms with Crippen molar-refractivity contribution in [2.24, 2.45) is 0 Å². The number of likely N-dealkylation sites (tertiary alicyclic amines) is 1. The minimum atomic E-state index is -0.414. The van der Waals surface area contributed by atoms with Crippen molar-refractivity contribution < 1.29 is 19.1 Å². The molecule has 0 unspecified atom stereocenters. The summed E-state index contributed by atoms with van der Waals surface area (Å²) < 4.78 is 5.21. The molecule has 0 aliphatic carbocycles. The van der Waals surface area contributed by atoms with Crippen LogP contribution in [0.3, 0.4) is 0 Å². The second-order valence-corrected chi connectivity index (χ2v) is 5.98. The van der Waals surface area contributed by atoms with Crippen molar-refractivity contribution in [3.8, 4) is 0 Å². The van der Waals surface area contributed by atoms with Crippen molar-refractivity contribution in [3.05, 3.63) is 77.4 Å². The number of carbonyl (C=O) groups is 3. The van der Waals surface area contributed by atoms with E-state index in [-0.39, 0.29) is 37.8 Å². The number of ether oxygens (including phenoxy) is 1. The minimum absolute atomic E-state index is 0.149. The Balaban J connectivity index is 1.51. The molecule has 2 amide bonds. The highest BCUT2D eigenvalue weighted by molar-refractivity contribution is 6.01. The fraction of sp³-hybridized carbons (Fsp3) is 0.190. The first-order valence-corrected chi connectivity index (χ1v) is 8.44. The number of esters is 1. The lowest BCUT2D eigenvalue weighted by Gasteiger charge is -2.13. The SMILES string of the molecule is O=C(OC/C=C/c1ccccc1)c1ccc(CN2C(=O)CCC2=O)cc1. The van der Waals surface area contributed by atoms with Gasteiger partial charge in [-0.25, -0.2) is 4.79 Å². The lowest BCUT2D eigenvalue weighted by Crippen LogP contribution is -2.28. The van der Waals surface area contributed by atoms with Crippen molar-refractivity contribution in [2.45, 2.75) is 19.4 Å². The van der Waals surface area contributed by atoms with Crippen LogP contribution in [0.4, 0.5) is 0 Å². The average molecular weight is 349 g/mol. The van der Waals surface area contributed by atoms with Crippen LogP contribution >= 0.6 is 0 Å². The van der Waals surface area contributed by atoms with E-state index in [0.29, 0.717) is 5.56 Å². The first kappa shape index (κ1) is 17.6. The van der Waals surface area contributed by atoms with Crippen LogP contribution in [0.15, 0.2) is 60.7 Å². The molecule has 2 aromatic rings. The Morgan fingerprint density at radius 3 is 2.27 bits per heavy atom. The summed E-state index contributed by atoms with van der Waals surface area (Å²) in [5.74, 6) is -0.713. The van der Waals surface area contributed by atoms with E-state index in [0.717, 1.165) is 11.1 Å². The first-order valence-electron chi connectivity index (χ1n) is 8.44. The molecule has 1 aliphatic heterocycles. The molecule has 1 aliphatic rings. The molecule has 26 heavy (non-hydrogen) atoms. The molecule has 2 aromatic carbocycles. The molecule has 0 aromatic heterocycles. The van der Waals surface area contributed by atoms with Gasteiger partial charge in [0.2, 0.25) is 11.8 Å². The molecule has 5 nitrogen and oxygen atoms in total. The third kappa shape index (κ3) is 4.45. The maximum atomic E-state index is 12.0. The van der Waals surface area contributed by atoms with Crippen LogP contribution in [-0.2, 0) is 20.9 Å². The van der Waals surface area contributed by atoms with Gasteiger partial charge in [-0.3, -0.25) is 14.5 Å². The molecule has 0 atom stereocenters. The summed E-state index contributed by atoms with van der Waals surface area (Å²) in [7, 11) is 0. The second-order valence-electron chi connectivity index (χ2n) is 5.98. The van der Waals surface area contributed by atoms with Crippen molar-refractivity contribution in [3.63, 3.8) is 0 Å². The zero-order chi connectivity index (χ0) is 18.4. The maximum absolute atomic E-state index is 12.0. The summed E-state index contributed by atoms with van der Waals surface area (Å²) in [6.45, 7) is 0.430. The van der Waals surface area contributed by atoms with E-state index in [1.807, 2.05) is 36.4 Å². The van der Waals surface area contributed by atoms with Crippen LogP contribution in [0.25, 0.3) is 6.08 Å². The van der Waals surface area contributed by atoms with Gasteiger partial charge in [-0.05, 0) is 29.3 Å². The molecule has 1 fully saturated rings. The number of carbonyl (C=O) groups excluding carboxylic acids is 3. The number of hydrogen-bond acceptors (Lipinski definition) is 4. The topological polar surface area (TPSA) is 63.7 Å². The Labute approximate surface area is 151 Å². The molecule has 0 saturated carbocycles. The van der Waals surface area contributed by atoms with Gasteiger partial charge in [0, 0.05) is 12.8 Å². The normalized spacial score (nSPS) is 14.2. The molecule has 0 spiro atoms. The quantitative estimate of drug-likeness (QED) is 0.593. The van der Waals surface area contributed by atoms with Gasteiger partial charge in [0.15, 0.2) is 0 Å². The molecule has 1 heterocycles. The number of nitrogens with zero attached hydrogens (tertiary/aromatic N) is 1. The predicted octanol–water partition coefficient (Wildman–Crippen LogP) is 3.21. The van der Waals surface area contributed by atoms with Crippen molar-refractivity contribution in [2.75, 3.05) is 6.61 Å². The Bertz CT molecular complexity index is 809. The molecule has 0 bridgehead atoms. The monoisotopic (exact) mass is 349 g/mol. The molecular weight excluding hydrogens is 330 g/mol. The number of benzene rings is 2. The van der Waals surface area contributed by atoms with Crippen LogP contribution in [0.1, 0.15) is 34.3 Å². The van der Waals surface area contributed by atoms with Crippen LogP contribution in [-0.4, -0.2) is 29.3 Å². The lowest BCUT2D eigenvalue weighted by atomic mass is 10.1. The molecule has 5 heteroatoms. The highest BCUT2D eigenvalue weighted by Crippen LogP contribution is 2.16. The van der Waals surface area contributed by atoms with Gasteiger partial charge in [0.05, 0.1) is 12.1 Å². The van der Waals surface area contributed by atoms with Crippen LogP contribution in [0, 0.1) is 0 Å². The van der Waals surface area contributed by atoms with E-state index in [2.05, 4.69) is 0 Å². The van der Waals surface area contributed by atoms with E-state index >= 15 is 0 Å². The highest BCUT2D eigenvalue weighted by atomic mass is 16.5. The fourth-order valence-electron chi connectivity index (χ4n) is 2.68. The summed E-state index contributed by atoms with van der Waals surface area (Å²) in [6.07, 6.45) is 4.23. The van der Waals surface area contributed by atoms with Crippen LogP contribution in [0.2, 0.25) is 0 Å². The molecule has 1 saturated heterocycles. The van der Waals surface area contributed by atoms with Gasteiger partial charge in [-0.15, -0.1) is 0 Å². The second kappa shape index (κ2) is 8.25. The predicted molar refractivity (Wildman–Crippen MR) is 97.0 cm³/mol. The molecule has 0 N–H and O–H groups in total. The van der Waals surface area contributed by atoms with Gasteiger partial charge in [-0.2, -0.15) is 0 Å². The largest absolute Gasteiger partial charge is 0.458 e. The Morgan fingerprint density at radius 2 is 1.62 bits per heavy atom. The number of rotatable bonds is 6. The van der Waals surface area contributed by atoms with Gasteiger partial charge >= 0.3 is 5.97 Å². The number of imide groups is 1. The third-order valence-corrected chi connectivity index (χ3v) is 4.11. The van der Waals surface area contributed by atoms with Crippen LogP contribution < -0.4 is 0 Å². The van der Waals surface area contributed by atoms with Gasteiger partial charge in [0.25, 0.3) is 0 Å². The fourth-order valence-corrected chi connectivity index (χ4v) is 2.68. The third-order valence-electron chi connectivity index (χ3n) is 4.11. The van der Waals surface area contributed by atoms with Gasteiger partial charge in [-0.1, -0.05) is 48.5 Å². The lowest BCUT2D eigenvalue weighted by molar-refractivity contribution is -0.139. The van der Waals surface area contributed by atoms with Gasteiger partial charge < -0.3 is 4.74 Å². The van der Waals surface area contributed by atoms with Crippen LogP contribution in [0.5, 0.6) is 0 Å². The van der Waals surface area contributed by atoms with Crippen molar-refractivity contribution >= 4 is 23.9 Å². The molecule has 132 valence electrons. The van der Waals surface area contributed by atoms with Crippen molar-refractivity contribution in [1.82, 2.24) is 4.90 Å². The maximum Gasteiger partial charge on any atom is 0.338 e. The average Bonchev–Trinajstić information content (AvgIpc) is 2.98. The van der Waals surface area contributed by atoms with E-state index in [9.17, 15) is 14.4 Å². The molecule has 3 rings (SSSR count). The van der Waals surface area contributed by atoms with E-state index in [1.54, 1.807) is 30.3 Å². The Kier molecular flexibility index (Phi) is 5.59. The summed E-state index contributed by atoms with van der Waals surface area (Å²) in [4.78, 5) is 36.6. The van der Waals surface area contributed by atoms with E-state index in [4.69, 9.17) is 4.74 Å². The number of hydrogen-bond donors (Lipinski definition) is 0. The minimum Gasteiger partial charge on any atom is -0.458 e. The summed E-state index contributed by atoms with van der Waals surface area (Å²) >= 11 is 0. The summed E-state index contributed by atoms with van der Waals surface area (Å²) in [5, 5.41) is 0. The summed E-state index contributed by atoms with van der Waals surface area (Å²) in [5.41, 5.74) is 2.27. The van der Waals surface area contributed by atoms with Gasteiger partial charge in [0.1, 0.15) is 6.61 Å². The molecular formula is C21H19NO4. The highest BCUT2D eigenvalue weighted by Gasteiger charge is 2.28. The van der Waals surface area contributed by atoms with E-state index in [1.165, 1.54) is 4.90 Å². The first-order chi connectivity index (χ1) is 12.6. The smallest absolute Gasteiger partial charge is 0.338 e. The summed E-state index contributed by atoms with van der Waals surface area (Å²) in [6, 6.07) is 16.5. The number of amides is 2. The Hall–Kier alpha value is -3.21. The molecule has 0 radical (unpaired) electrons. The van der Waals surface area contributed by atoms with Crippen molar-refractivity contribution in [1.29, 1.82) is 0 Å².